The SMILES string of the molecule is COc1ccc(C)cc1NC(=O)C(=O)NCC(c1cccnc1)N1CCN(c2ccccc2)CC1. The van der Waals surface area contributed by atoms with E-state index in [9.17, 15) is 9.59 Å². The number of para-hydroxylation sites is 1. The maximum Gasteiger partial charge on any atom is 0.313 e. The summed E-state index contributed by atoms with van der Waals surface area (Å²) in [6.45, 7) is 5.62. The van der Waals surface area contributed by atoms with E-state index in [0.717, 1.165) is 37.3 Å². The number of nitrogens with zero attached hydrogens (tertiary/aromatic N) is 3. The molecule has 3 aromatic rings. The summed E-state index contributed by atoms with van der Waals surface area (Å²) in [6, 6.07) is 19.6. The van der Waals surface area contributed by atoms with E-state index in [4.69, 9.17) is 4.74 Å². The fourth-order valence-electron chi connectivity index (χ4n) is 4.33. The maximum absolute atomic E-state index is 12.7. The lowest BCUT2D eigenvalue weighted by atomic mass is 10.1. The molecule has 8 heteroatoms. The molecule has 0 bridgehead atoms. The lowest BCUT2D eigenvalue weighted by Crippen LogP contribution is -2.50. The zero-order valence-electron chi connectivity index (χ0n) is 20.1. The van der Waals surface area contributed by atoms with Crippen molar-refractivity contribution in [3.05, 3.63) is 84.2 Å². The number of benzene rings is 2. The van der Waals surface area contributed by atoms with E-state index in [-0.39, 0.29) is 6.04 Å². The molecule has 0 aliphatic carbocycles. The highest BCUT2D eigenvalue weighted by Gasteiger charge is 2.27. The number of hydrogen-bond acceptors (Lipinski definition) is 6. The molecule has 1 saturated heterocycles. The van der Waals surface area contributed by atoms with Crippen molar-refractivity contribution < 1.29 is 14.3 Å². The van der Waals surface area contributed by atoms with Gasteiger partial charge in [0.2, 0.25) is 0 Å². The summed E-state index contributed by atoms with van der Waals surface area (Å²) in [5.41, 5.74) is 3.63. The first-order chi connectivity index (χ1) is 17.0. The third kappa shape index (κ3) is 6.16. The number of nitrogens with one attached hydrogen (secondary N) is 2. The summed E-state index contributed by atoms with van der Waals surface area (Å²) in [7, 11) is 1.52. The first-order valence-electron chi connectivity index (χ1n) is 11.7. The van der Waals surface area contributed by atoms with Crippen molar-refractivity contribution in [3.8, 4) is 5.75 Å². The predicted molar refractivity (Wildman–Crippen MR) is 137 cm³/mol. The first kappa shape index (κ1) is 24.2. The Morgan fingerprint density at radius 1 is 1.00 bits per heavy atom. The smallest absolute Gasteiger partial charge is 0.313 e. The molecule has 0 radical (unpaired) electrons. The molecular formula is C27H31N5O3. The van der Waals surface area contributed by atoms with E-state index < -0.39 is 11.8 Å². The van der Waals surface area contributed by atoms with Gasteiger partial charge in [-0.2, -0.15) is 0 Å². The molecule has 2 N–H and O–H groups in total. The Kier molecular flexibility index (Phi) is 7.95. The Morgan fingerprint density at radius 3 is 2.46 bits per heavy atom. The van der Waals surface area contributed by atoms with Crippen LogP contribution in [0.25, 0.3) is 0 Å². The van der Waals surface area contributed by atoms with Crippen LogP contribution in [0.1, 0.15) is 17.2 Å². The molecule has 0 saturated carbocycles. The lowest BCUT2D eigenvalue weighted by molar-refractivity contribution is -0.136. The van der Waals surface area contributed by atoms with Gasteiger partial charge in [-0.1, -0.05) is 30.3 Å². The number of rotatable bonds is 7. The number of aryl methyl sites for hydroxylation is 1. The third-order valence-corrected chi connectivity index (χ3v) is 6.21. The fourth-order valence-corrected chi connectivity index (χ4v) is 4.33. The number of aromatic nitrogens is 1. The second-order valence-electron chi connectivity index (χ2n) is 8.53. The molecule has 1 fully saturated rings. The van der Waals surface area contributed by atoms with Gasteiger partial charge in [0.1, 0.15) is 5.75 Å². The topological polar surface area (TPSA) is 86.8 Å². The van der Waals surface area contributed by atoms with Gasteiger partial charge < -0.3 is 20.3 Å². The van der Waals surface area contributed by atoms with Crippen molar-refractivity contribution in [1.82, 2.24) is 15.2 Å². The number of piperazine rings is 1. The zero-order chi connectivity index (χ0) is 24.6. The molecule has 2 heterocycles. The van der Waals surface area contributed by atoms with Gasteiger partial charge in [-0.3, -0.25) is 19.5 Å². The van der Waals surface area contributed by atoms with Gasteiger partial charge in [0.05, 0.1) is 18.8 Å². The van der Waals surface area contributed by atoms with Gasteiger partial charge in [-0.05, 0) is 48.4 Å². The van der Waals surface area contributed by atoms with E-state index in [1.807, 2.05) is 49.5 Å². The number of methoxy groups -OCH3 is 1. The van der Waals surface area contributed by atoms with Gasteiger partial charge >= 0.3 is 11.8 Å². The molecule has 2 aromatic carbocycles. The predicted octanol–water partition coefficient (Wildman–Crippen LogP) is 3.02. The van der Waals surface area contributed by atoms with Gasteiger partial charge in [0.15, 0.2) is 0 Å². The number of carbonyl (C=O) groups excluding carboxylic acids is 2. The number of amides is 2. The number of ether oxygens (including phenoxy) is 1. The fraction of sp³-hybridized carbons (Fsp3) is 0.296. The molecule has 0 spiro atoms. The summed E-state index contributed by atoms with van der Waals surface area (Å²) >= 11 is 0. The molecule has 1 aliphatic rings. The summed E-state index contributed by atoms with van der Waals surface area (Å²) < 4.78 is 5.29. The van der Waals surface area contributed by atoms with Crippen LogP contribution in [0.15, 0.2) is 73.1 Å². The van der Waals surface area contributed by atoms with Crippen molar-refractivity contribution in [2.75, 3.05) is 50.1 Å². The van der Waals surface area contributed by atoms with Crippen LogP contribution >= 0.6 is 0 Å². The van der Waals surface area contributed by atoms with E-state index in [0.29, 0.717) is 18.0 Å². The zero-order valence-corrected chi connectivity index (χ0v) is 20.1. The highest BCUT2D eigenvalue weighted by molar-refractivity contribution is 6.39. The molecule has 1 aromatic heterocycles. The van der Waals surface area contributed by atoms with Crippen LogP contribution in [-0.4, -0.2) is 61.5 Å². The molecule has 2 amide bonds. The molecule has 1 aliphatic heterocycles. The van der Waals surface area contributed by atoms with Gasteiger partial charge in [0.25, 0.3) is 0 Å². The maximum atomic E-state index is 12.7. The van der Waals surface area contributed by atoms with E-state index in [1.54, 1.807) is 18.3 Å². The minimum Gasteiger partial charge on any atom is -0.495 e. The quantitative estimate of drug-likeness (QED) is 0.513. The Labute approximate surface area is 205 Å². The van der Waals surface area contributed by atoms with Crippen LogP contribution in [0.2, 0.25) is 0 Å². The van der Waals surface area contributed by atoms with Crippen LogP contribution in [0, 0.1) is 6.92 Å². The molecule has 1 atom stereocenters. The third-order valence-electron chi connectivity index (χ3n) is 6.21. The van der Waals surface area contributed by atoms with E-state index in [1.165, 1.54) is 12.8 Å². The van der Waals surface area contributed by atoms with E-state index in [2.05, 4.69) is 37.6 Å². The lowest BCUT2D eigenvalue weighted by Gasteiger charge is -2.40. The van der Waals surface area contributed by atoms with Gasteiger partial charge in [-0.25, -0.2) is 0 Å². The van der Waals surface area contributed by atoms with Crippen LogP contribution in [0.3, 0.4) is 0 Å². The molecule has 1 unspecified atom stereocenters. The van der Waals surface area contributed by atoms with Gasteiger partial charge in [-0.15, -0.1) is 0 Å². The minimum atomic E-state index is -0.729. The Bertz CT molecular complexity index is 1130. The second-order valence-corrected chi connectivity index (χ2v) is 8.53. The number of anilines is 2. The molecular weight excluding hydrogens is 442 g/mol. The monoisotopic (exact) mass is 473 g/mol. The second kappa shape index (κ2) is 11.5. The van der Waals surface area contributed by atoms with Gasteiger partial charge in [0, 0.05) is 50.8 Å². The number of carbonyl (C=O) groups is 2. The molecule has 35 heavy (non-hydrogen) atoms. The largest absolute Gasteiger partial charge is 0.495 e. The average Bonchev–Trinajstić information content (AvgIpc) is 2.90. The van der Waals surface area contributed by atoms with Crippen LogP contribution in [-0.2, 0) is 9.59 Å². The van der Waals surface area contributed by atoms with E-state index >= 15 is 0 Å². The van der Waals surface area contributed by atoms with Crippen molar-refractivity contribution >= 4 is 23.2 Å². The first-order valence-corrected chi connectivity index (χ1v) is 11.7. The summed E-state index contributed by atoms with van der Waals surface area (Å²) in [5.74, 6) is -0.917. The molecule has 182 valence electrons. The average molecular weight is 474 g/mol. The number of pyridine rings is 1. The Morgan fingerprint density at radius 2 is 1.77 bits per heavy atom. The molecule has 4 rings (SSSR count). The highest BCUT2D eigenvalue weighted by Crippen LogP contribution is 2.26. The van der Waals surface area contributed by atoms with Crippen LogP contribution in [0.5, 0.6) is 5.75 Å². The number of hydrogen-bond donors (Lipinski definition) is 2. The minimum absolute atomic E-state index is 0.0909. The van der Waals surface area contributed by atoms with Crippen LogP contribution < -0.4 is 20.3 Å². The summed E-state index contributed by atoms with van der Waals surface area (Å²) in [5, 5.41) is 5.48. The van der Waals surface area contributed by atoms with Crippen molar-refractivity contribution in [2.24, 2.45) is 0 Å². The van der Waals surface area contributed by atoms with Crippen molar-refractivity contribution in [3.63, 3.8) is 0 Å². The Hall–Kier alpha value is -3.91. The van der Waals surface area contributed by atoms with Crippen LogP contribution in [0.4, 0.5) is 11.4 Å². The van der Waals surface area contributed by atoms with Crippen molar-refractivity contribution in [1.29, 1.82) is 0 Å². The summed E-state index contributed by atoms with van der Waals surface area (Å²) in [4.78, 5) is 34.2. The van der Waals surface area contributed by atoms with Crippen molar-refractivity contribution in [2.45, 2.75) is 13.0 Å². The Balaban J connectivity index is 1.40. The highest BCUT2D eigenvalue weighted by atomic mass is 16.5. The standard InChI is InChI=1S/C27H31N5O3/c1-20-10-11-25(35-2)23(17-20)30-27(34)26(33)29-19-24(21-7-6-12-28-18-21)32-15-13-31(14-16-32)22-8-4-3-5-9-22/h3-12,17-18,24H,13-16,19H2,1-2H3,(H,29,33)(H,30,34). The molecule has 8 nitrogen and oxygen atoms in total. The normalized spacial score (nSPS) is 14.7. The summed E-state index contributed by atoms with van der Waals surface area (Å²) in [6.07, 6.45) is 3.55.